The van der Waals surface area contributed by atoms with Crippen molar-refractivity contribution >= 4 is 17.6 Å². The average Bonchev–Trinajstić information content (AvgIpc) is 3.39. The molecular formula is C22H22N4O2. The Bertz CT molecular complexity index is 987. The predicted molar refractivity (Wildman–Crippen MR) is 108 cm³/mol. The largest absolute Gasteiger partial charge is 0.338 e. The van der Waals surface area contributed by atoms with Gasteiger partial charge in [-0.2, -0.15) is 5.10 Å². The fourth-order valence-corrected chi connectivity index (χ4v) is 3.37. The first kappa shape index (κ1) is 18.0. The number of nitrogens with one attached hydrogen (secondary N) is 1. The molecule has 2 amide bonds. The third kappa shape index (κ3) is 3.53. The molecule has 0 bridgehead atoms. The van der Waals surface area contributed by atoms with Crippen molar-refractivity contribution in [2.75, 3.05) is 18.4 Å². The van der Waals surface area contributed by atoms with Gasteiger partial charge in [0.25, 0.3) is 11.8 Å². The zero-order valence-corrected chi connectivity index (χ0v) is 15.8. The van der Waals surface area contributed by atoms with E-state index < -0.39 is 0 Å². The van der Waals surface area contributed by atoms with Gasteiger partial charge in [-0.3, -0.25) is 9.59 Å². The fraction of sp³-hybridized carbons (Fsp3) is 0.227. The third-order valence-electron chi connectivity index (χ3n) is 4.94. The summed E-state index contributed by atoms with van der Waals surface area (Å²) >= 11 is 0. The second-order valence-electron chi connectivity index (χ2n) is 6.97. The van der Waals surface area contributed by atoms with Gasteiger partial charge >= 0.3 is 0 Å². The van der Waals surface area contributed by atoms with Crippen LogP contribution in [0.25, 0.3) is 5.69 Å². The Morgan fingerprint density at radius 3 is 2.32 bits per heavy atom. The summed E-state index contributed by atoms with van der Waals surface area (Å²) in [6, 6.07) is 16.8. The maximum Gasteiger partial charge on any atom is 0.259 e. The molecule has 2 aromatic carbocycles. The minimum absolute atomic E-state index is 0.0983. The van der Waals surface area contributed by atoms with Crippen LogP contribution in [0.4, 0.5) is 5.82 Å². The maximum absolute atomic E-state index is 13.0. The molecule has 6 heteroatoms. The van der Waals surface area contributed by atoms with Crippen LogP contribution in [-0.2, 0) is 0 Å². The molecular weight excluding hydrogens is 352 g/mol. The van der Waals surface area contributed by atoms with Crippen molar-refractivity contribution in [3.05, 3.63) is 77.5 Å². The van der Waals surface area contributed by atoms with Gasteiger partial charge in [0.1, 0.15) is 11.4 Å². The van der Waals surface area contributed by atoms with E-state index in [1.807, 2.05) is 54.3 Å². The van der Waals surface area contributed by atoms with Crippen LogP contribution in [0, 0.1) is 6.92 Å². The molecule has 0 unspecified atom stereocenters. The molecule has 1 aromatic heterocycles. The molecule has 0 spiro atoms. The Morgan fingerprint density at radius 1 is 0.964 bits per heavy atom. The molecule has 0 radical (unpaired) electrons. The minimum Gasteiger partial charge on any atom is -0.338 e. The molecule has 1 saturated heterocycles. The Labute approximate surface area is 163 Å². The van der Waals surface area contributed by atoms with Gasteiger partial charge in [-0.1, -0.05) is 35.9 Å². The van der Waals surface area contributed by atoms with Crippen LogP contribution in [0.2, 0.25) is 0 Å². The van der Waals surface area contributed by atoms with E-state index in [0.717, 1.165) is 37.2 Å². The number of benzene rings is 2. The molecule has 0 aliphatic carbocycles. The highest BCUT2D eigenvalue weighted by atomic mass is 16.2. The summed E-state index contributed by atoms with van der Waals surface area (Å²) in [6.07, 6.45) is 3.55. The molecule has 1 N–H and O–H groups in total. The maximum atomic E-state index is 13.0. The van der Waals surface area contributed by atoms with Crippen molar-refractivity contribution in [1.29, 1.82) is 0 Å². The topological polar surface area (TPSA) is 67.2 Å². The van der Waals surface area contributed by atoms with E-state index in [4.69, 9.17) is 0 Å². The molecule has 0 saturated carbocycles. The van der Waals surface area contributed by atoms with Gasteiger partial charge in [-0.15, -0.1) is 0 Å². The Kier molecular flexibility index (Phi) is 4.93. The van der Waals surface area contributed by atoms with E-state index in [1.54, 1.807) is 23.0 Å². The third-order valence-corrected chi connectivity index (χ3v) is 4.94. The van der Waals surface area contributed by atoms with E-state index in [9.17, 15) is 9.59 Å². The van der Waals surface area contributed by atoms with Crippen LogP contribution in [-0.4, -0.2) is 39.6 Å². The molecule has 0 atom stereocenters. The second kappa shape index (κ2) is 7.68. The molecule has 6 nitrogen and oxygen atoms in total. The number of carbonyl (C=O) groups excluding carboxylic acids is 2. The van der Waals surface area contributed by atoms with Gasteiger partial charge in [0.15, 0.2) is 0 Å². The lowest BCUT2D eigenvalue weighted by molar-refractivity contribution is 0.0794. The van der Waals surface area contributed by atoms with Crippen LogP contribution >= 0.6 is 0 Å². The molecule has 1 aliphatic rings. The predicted octanol–water partition coefficient (Wildman–Crippen LogP) is 3.67. The second-order valence-corrected chi connectivity index (χ2v) is 6.97. The fourth-order valence-electron chi connectivity index (χ4n) is 3.37. The standard InChI is InChI=1S/C22H22N4O2/c1-16-9-11-17(12-10-16)21(27)24-20-19(22(28)25-13-5-6-14-25)15-23-26(20)18-7-3-2-4-8-18/h2-4,7-12,15H,5-6,13-14H2,1H3,(H,24,27). The van der Waals surface area contributed by atoms with Crippen molar-refractivity contribution in [3.8, 4) is 5.69 Å². The van der Waals surface area contributed by atoms with Crippen molar-refractivity contribution in [3.63, 3.8) is 0 Å². The number of para-hydroxylation sites is 1. The average molecular weight is 374 g/mol. The number of aromatic nitrogens is 2. The number of amides is 2. The number of aryl methyl sites for hydroxylation is 1. The zero-order chi connectivity index (χ0) is 19.5. The van der Waals surface area contributed by atoms with Crippen LogP contribution < -0.4 is 5.32 Å². The van der Waals surface area contributed by atoms with Gasteiger partial charge in [-0.25, -0.2) is 4.68 Å². The number of nitrogens with zero attached hydrogens (tertiary/aromatic N) is 3. The van der Waals surface area contributed by atoms with E-state index in [-0.39, 0.29) is 11.8 Å². The van der Waals surface area contributed by atoms with Crippen LogP contribution in [0.15, 0.2) is 60.8 Å². The van der Waals surface area contributed by atoms with Crippen molar-refractivity contribution in [2.45, 2.75) is 19.8 Å². The summed E-state index contributed by atoms with van der Waals surface area (Å²) in [5.74, 6) is 0.0284. The summed E-state index contributed by atoms with van der Waals surface area (Å²) in [5.41, 5.74) is 2.80. The van der Waals surface area contributed by atoms with Crippen molar-refractivity contribution in [2.24, 2.45) is 0 Å². The Morgan fingerprint density at radius 2 is 1.64 bits per heavy atom. The first-order valence-corrected chi connectivity index (χ1v) is 9.44. The first-order valence-electron chi connectivity index (χ1n) is 9.44. The molecule has 1 aliphatic heterocycles. The number of hydrogen-bond acceptors (Lipinski definition) is 3. The number of carbonyl (C=O) groups is 2. The van der Waals surface area contributed by atoms with Gasteiger partial charge in [0.05, 0.1) is 11.9 Å². The summed E-state index contributed by atoms with van der Waals surface area (Å²) in [7, 11) is 0. The highest BCUT2D eigenvalue weighted by Gasteiger charge is 2.26. The highest BCUT2D eigenvalue weighted by Crippen LogP contribution is 2.24. The van der Waals surface area contributed by atoms with E-state index in [2.05, 4.69) is 10.4 Å². The van der Waals surface area contributed by atoms with Crippen LogP contribution in [0.3, 0.4) is 0 Å². The Hall–Kier alpha value is -3.41. The zero-order valence-electron chi connectivity index (χ0n) is 15.8. The van der Waals surface area contributed by atoms with Gasteiger partial charge in [-0.05, 0) is 44.0 Å². The molecule has 2 heterocycles. The highest BCUT2D eigenvalue weighted by molar-refractivity contribution is 6.08. The van der Waals surface area contributed by atoms with E-state index in [0.29, 0.717) is 16.9 Å². The van der Waals surface area contributed by atoms with E-state index in [1.165, 1.54) is 0 Å². The van der Waals surface area contributed by atoms with E-state index >= 15 is 0 Å². The van der Waals surface area contributed by atoms with Crippen molar-refractivity contribution in [1.82, 2.24) is 14.7 Å². The Balaban J connectivity index is 1.71. The monoisotopic (exact) mass is 374 g/mol. The minimum atomic E-state index is -0.270. The molecule has 3 aromatic rings. The molecule has 1 fully saturated rings. The lowest BCUT2D eigenvalue weighted by atomic mass is 10.1. The van der Waals surface area contributed by atoms with Gasteiger partial charge in [0.2, 0.25) is 0 Å². The molecule has 142 valence electrons. The van der Waals surface area contributed by atoms with Gasteiger partial charge < -0.3 is 10.2 Å². The van der Waals surface area contributed by atoms with Crippen LogP contribution in [0.5, 0.6) is 0 Å². The number of likely N-dealkylation sites (tertiary alicyclic amines) is 1. The normalized spacial score (nSPS) is 13.5. The lowest BCUT2D eigenvalue weighted by Gasteiger charge is -2.16. The van der Waals surface area contributed by atoms with Crippen molar-refractivity contribution < 1.29 is 9.59 Å². The van der Waals surface area contributed by atoms with Gasteiger partial charge in [0, 0.05) is 18.7 Å². The number of hydrogen-bond donors (Lipinski definition) is 1. The summed E-state index contributed by atoms with van der Waals surface area (Å²) < 4.78 is 1.61. The first-order chi connectivity index (χ1) is 13.6. The summed E-state index contributed by atoms with van der Waals surface area (Å²) in [6.45, 7) is 3.44. The number of anilines is 1. The molecule has 28 heavy (non-hydrogen) atoms. The summed E-state index contributed by atoms with van der Waals surface area (Å²) in [5, 5.41) is 7.31. The SMILES string of the molecule is Cc1ccc(C(=O)Nc2c(C(=O)N3CCCC3)cnn2-c2ccccc2)cc1. The number of rotatable bonds is 4. The van der Waals surface area contributed by atoms with Crippen LogP contribution in [0.1, 0.15) is 39.1 Å². The lowest BCUT2D eigenvalue weighted by Crippen LogP contribution is -2.28. The summed E-state index contributed by atoms with van der Waals surface area (Å²) in [4.78, 5) is 27.6. The quantitative estimate of drug-likeness (QED) is 0.758. The molecule has 4 rings (SSSR count). The smallest absolute Gasteiger partial charge is 0.259 e.